The smallest absolute Gasteiger partial charge is 0.266 e. The third kappa shape index (κ3) is 4.24. The topological polar surface area (TPSA) is 76.6 Å². The second kappa shape index (κ2) is 8.76. The molecule has 0 aliphatic carbocycles. The molecule has 0 radical (unpaired) electrons. The molecule has 2 aromatic carbocycles. The summed E-state index contributed by atoms with van der Waals surface area (Å²) in [6.45, 7) is 3.47. The zero-order valence-corrected chi connectivity index (χ0v) is 18.5. The van der Waals surface area contributed by atoms with E-state index in [0.717, 1.165) is 6.07 Å². The van der Waals surface area contributed by atoms with Crippen LogP contribution >= 0.6 is 0 Å². The standard InChI is InChI=1S/C23H23F3N4O3/c1-11(13-6-5-7-14(20(13)24)21(25)26)27-22-16-9-17-18(8-15(16)12(2)28-29-22)33-19(10-32-17)23(31)30(3)4/h5-9,11,19,21H,10H2,1-4H3,(H,27,29). The van der Waals surface area contributed by atoms with Crippen molar-refractivity contribution in [3.8, 4) is 11.5 Å². The highest BCUT2D eigenvalue weighted by atomic mass is 19.3. The van der Waals surface area contributed by atoms with Crippen LogP contribution in [0.4, 0.5) is 19.0 Å². The molecule has 1 amide bonds. The van der Waals surface area contributed by atoms with Gasteiger partial charge in [-0.25, -0.2) is 13.2 Å². The second-order valence-electron chi connectivity index (χ2n) is 8.05. The fourth-order valence-electron chi connectivity index (χ4n) is 3.72. The Bertz CT molecular complexity index is 1220. The summed E-state index contributed by atoms with van der Waals surface area (Å²) in [4.78, 5) is 13.7. The van der Waals surface area contributed by atoms with E-state index in [1.54, 1.807) is 40.1 Å². The fourth-order valence-corrected chi connectivity index (χ4v) is 3.72. The molecule has 33 heavy (non-hydrogen) atoms. The summed E-state index contributed by atoms with van der Waals surface area (Å²) in [5, 5.41) is 12.7. The van der Waals surface area contributed by atoms with Crippen LogP contribution in [-0.2, 0) is 4.79 Å². The molecule has 4 rings (SSSR count). The van der Waals surface area contributed by atoms with Gasteiger partial charge in [0.05, 0.1) is 17.3 Å². The van der Waals surface area contributed by atoms with Gasteiger partial charge in [0.25, 0.3) is 12.3 Å². The minimum atomic E-state index is -2.91. The minimum absolute atomic E-state index is 0.0534. The molecule has 0 fully saturated rings. The van der Waals surface area contributed by atoms with Crippen LogP contribution in [0.2, 0.25) is 0 Å². The SMILES string of the molecule is Cc1nnc(NC(C)c2cccc(C(F)F)c2F)c2cc3c(cc12)OC(C(=O)N(C)C)CO3. The van der Waals surface area contributed by atoms with Crippen molar-refractivity contribution in [1.82, 2.24) is 15.1 Å². The van der Waals surface area contributed by atoms with Gasteiger partial charge in [-0.1, -0.05) is 18.2 Å². The van der Waals surface area contributed by atoms with Crippen LogP contribution in [-0.4, -0.2) is 47.8 Å². The average molecular weight is 460 g/mol. The quantitative estimate of drug-likeness (QED) is 0.608. The number of hydrogen-bond acceptors (Lipinski definition) is 6. The van der Waals surface area contributed by atoms with E-state index in [1.165, 1.54) is 17.0 Å². The first kappa shape index (κ1) is 22.6. The summed E-state index contributed by atoms with van der Waals surface area (Å²) in [7, 11) is 3.28. The maximum absolute atomic E-state index is 14.6. The average Bonchev–Trinajstić information content (AvgIpc) is 2.79. The first-order valence-corrected chi connectivity index (χ1v) is 10.3. The fraction of sp³-hybridized carbons (Fsp3) is 0.348. The van der Waals surface area contributed by atoms with Crippen LogP contribution in [0.25, 0.3) is 10.8 Å². The number of alkyl halides is 2. The maximum Gasteiger partial charge on any atom is 0.266 e. The zero-order chi connectivity index (χ0) is 23.9. The van der Waals surface area contributed by atoms with E-state index in [0.29, 0.717) is 33.8 Å². The molecule has 1 aromatic heterocycles. The molecular formula is C23H23F3N4O3. The van der Waals surface area contributed by atoms with Crippen LogP contribution < -0.4 is 14.8 Å². The van der Waals surface area contributed by atoms with Gasteiger partial charge in [-0.15, -0.1) is 5.10 Å². The molecule has 0 bridgehead atoms. The number of aromatic nitrogens is 2. The van der Waals surface area contributed by atoms with Crippen LogP contribution in [0.15, 0.2) is 30.3 Å². The number of carbonyl (C=O) groups is 1. The second-order valence-corrected chi connectivity index (χ2v) is 8.05. The Morgan fingerprint density at radius 3 is 2.55 bits per heavy atom. The van der Waals surface area contributed by atoms with Crippen LogP contribution in [0, 0.1) is 12.7 Å². The number of benzene rings is 2. The number of nitrogens with one attached hydrogen (secondary N) is 1. The summed E-state index contributed by atoms with van der Waals surface area (Å²) < 4.78 is 52.4. The van der Waals surface area contributed by atoms with Crippen molar-refractivity contribution in [1.29, 1.82) is 0 Å². The van der Waals surface area contributed by atoms with E-state index in [-0.39, 0.29) is 18.1 Å². The number of amides is 1. The molecule has 10 heteroatoms. The summed E-state index contributed by atoms with van der Waals surface area (Å²) in [6.07, 6.45) is -3.67. The zero-order valence-electron chi connectivity index (χ0n) is 18.5. The number of likely N-dealkylation sites (N-methyl/N-ethyl adjacent to an activating group) is 1. The monoisotopic (exact) mass is 460 g/mol. The Morgan fingerprint density at radius 2 is 1.85 bits per heavy atom. The van der Waals surface area contributed by atoms with Gasteiger partial charge in [0.15, 0.2) is 17.3 Å². The lowest BCUT2D eigenvalue weighted by Crippen LogP contribution is -2.43. The van der Waals surface area contributed by atoms with E-state index in [2.05, 4.69) is 15.5 Å². The number of anilines is 1. The summed E-state index contributed by atoms with van der Waals surface area (Å²) >= 11 is 0. The van der Waals surface area contributed by atoms with E-state index >= 15 is 0 Å². The Morgan fingerprint density at radius 1 is 1.15 bits per heavy atom. The van der Waals surface area contributed by atoms with E-state index in [4.69, 9.17) is 9.47 Å². The summed E-state index contributed by atoms with van der Waals surface area (Å²) in [5.74, 6) is -0.000922. The number of halogens is 3. The van der Waals surface area contributed by atoms with Crippen molar-refractivity contribution < 1.29 is 27.4 Å². The lowest BCUT2D eigenvalue weighted by Gasteiger charge is -2.28. The van der Waals surface area contributed by atoms with Gasteiger partial charge >= 0.3 is 0 Å². The van der Waals surface area contributed by atoms with Crippen molar-refractivity contribution in [2.24, 2.45) is 0 Å². The van der Waals surface area contributed by atoms with Gasteiger partial charge in [0.2, 0.25) is 6.10 Å². The third-order valence-electron chi connectivity index (χ3n) is 5.52. The van der Waals surface area contributed by atoms with Gasteiger partial charge in [-0.2, -0.15) is 5.10 Å². The van der Waals surface area contributed by atoms with Crippen LogP contribution in [0.1, 0.15) is 36.2 Å². The van der Waals surface area contributed by atoms with Crippen molar-refractivity contribution >= 4 is 22.5 Å². The van der Waals surface area contributed by atoms with Crippen molar-refractivity contribution in [2.75, 3.05) is 26.0 Å². The molecule has 0 spiro atoms. The molecule has 7 nitrogen and oxygen atoms in total. The van der Waals surface area contributed by atoms with Gasteiger partial charge in [-0.3, -0.25) is 4.79 Å². The molecule has 1 aliphatic rings. The molecule has 2 heterocycles. The number of nitrogens with zero attached hydrogens (tertiary/aromatic N) is 3. The van der Waals surface area contributed by atoms with Gasteiger partial charge in [0.1, 0.15) is 12.4 Å². The van der Waals surface area contributed by atoms with Gasteiger partial charge < -0.3 is 19.7 Å². The number of fused-ring (bicyclic) bond motifs is 2. The molecule has 1 aliphatic heterocycles. The van der Waals surface area contributed by atoms with E-state index in [1.807, 2.05) is 0 Å². The molecular weight excluding hydrogens is 437 g/mol. The van der Waals surface area contributed by atoms with Crippen LogP contribution in [0.3, 0.4) is 0 Å². The van der Waals surface area contributed by atoms with E-state index in [9.17, 15) is 18.0 Å². The largest absolute Gasteiger partial charge is 0.485 e. The van der Waals surface area contributed by atoms with Gasteiger partial charge in [-0.05, 0) is 26.0 Å². The Kier molecular flexibility index (Phi) is 6.01. The summed E-state index contributed by atoms with van der Waals surface area (Å²) in [6, 6.07) is 6.67. The molecule has 1 N–H and O–H groups in total. The van der Waals surface area contributed by atoms with Crippen molar-refractivity contribution in [2.45, 2.75) is 32.4 Å². The maximum atomic E-state index is 14.6. The number of hydrogen-bond donors (Lipinski definition) is 1. The number of rotatable bonds is 5. The van der Waals surface area contributed by atoms with Gasteiger partial charge in [0, 0.05) is 30.4 Å². The molecule has 2 atom stereocenters. The first-order valence-electron chi connectivity index (χ1n) is 10.3. The minimum Gasteiger partial charge on any atom is -0.485 e. The van der Waals surface area contributed by atoms with Crippen molar-refractivity contribution in [3.63, 3.8) is 0 Å². The Hall–Kier alpha value is -3.56. The first-order chi connectivity index (χ1) is 15.7. The molecule has 0 saturated heterocycles. The lowest BCUT2D eigenvalue weighted by atomic mass is 10.0. The summed E-state index contributed by atoms with van der Waals surface area (Å²) in [5.41, 5.74) is 0.0508. The van der Waals surface area contributed by atoms with Crippen LogP contribution in [0.5, 0.6) is 11.5 Å². The Labute approximate surface area is 188 Å². The highest BCUT2D eigenvalue weighted by molar-refractivity contribution is 5.96. The molecule has 0 saturated carbocycles. The van der Waals surface area contributed by atoms with E-state index < -0.39 is 30.0 Å². The normalized spacial score (nSPS) is 16.1. The highest BCUT2D eigenvalue weighted by Gasteiger charge is 2.30. The third-order valence-corrected chi connectivity index (χ3v) is 5.52. The number of carbonyl (C=O) groups excluding carboxylic acids is 1. The molecule has 3 aromatic rings. The Balaban J connectivity index is 1.69. The molecule has 2 unspecified atom stereocenters. The van der Waals surface area contributed by atoms with Crippen molar-refractivity contribution in [3.05, 3.63) is 53.0 Å². The lowest BCUT2D eigenvalue weighted by molar-refractivity contribution is -0.138. The number of aryl methyl sites for hydroxylation is 1. The highest BCUT2D eigenvalue weighted by Crippen LogP contribution is 2.39. The number of ether oxygens (including phenoxy) is 2. The predicted octanol–water partition coefficient (Wildman–Crippen LogP) is 4.42. The molecule has 174 valence electrons. The predicted molar refractivity (Wildman–Crippen MR) is 116 cm³/mol.